The highest BCUT2D eigenvalue weighted by Crippen LogP contribution is 2.18. The number of hydrogen-bond donors (Lipinski definition) is 3. The third-order valence-electron chi connectivity index (χ3n) is 3.43. The van der Waals surface area contributed by atoms with Crippen LogP contribution in [0.2, 0.25) is 0 Å². The average molecular weight is 386 g/mol. The molecule has 11 heteroatoms. The first-order valence-electron chi connectivity index (χ1n) is 8.64. The molecule has 0 radical (unpaired) electrons. The van der Waals surface area contributed by atoms with E-state index in [1.54, 1.807) is 38.5 Å². The standard InChI is InChI=1S/C17H22N8O3/c1-10(2)27-15-8-14(22-23-15)20-13-5-6-18-17(21-13)19-9-11-7-12(24-28-11)16(26)25(3)4/h5-8,10H,9H2,1-4H3,(H3,18,19,20,21,22,23). The first-order chi connectivity index (χ1) is 13.4. The van der Waals surface area contributed by atoms with Crippen molar-refractivity contribution in [3.05, 3.63) is 35.9 Å². The molecule has 0 aromatic carbocycles. The Labute approximate surface area is 161 Å². The van der Waals surface area contributed by atoms with Gasteiger partial charge in [-0.2, -0.15) is 4.98 Å². The van der Waals surface area contributed by atoms with E-state index >= 15 is 0 Å². The van der Waals surface area contributed by atoms with Gasteiger partial charge in [0.25, 0.3) is 5.91 Å². The number of nitrogens with one attached hydrogen (secondary N) is 3. The molecule has 3 rings (SSSR count). The lowest BCUT2D eigenvalue weighted by Crippen LogP contribution is -2.21. The van der Waals surface area contributed by atoms with Crippen LogP contribution >= 0.6 is 0 Å². The number of nitrogens with zero attached hydrogens (tertiary/aromatic N) is 5. The first kappa shape index (κ1) is 19.1. The molecule has 1 amide bonds. The summed E-state index contributed by atoms with van der Waals surface area (Å²) in [6, 6.07) is 5.04. The number of rotatable bonds is 8. The minimum Gasteiger partial charge on any atom is -0.474 e. The molecule has 28 heavy (non-hydrogen) atoms. The highest BCUT2D eigenvalue weighted by atomic mass is 16.5. The molecule has 0 aliphatic rings. The maximum absolute atomic E-state index is 11.8. The van der Waals surface area contributed by atoms with Crippen molar-refractivity contribution >= 4 is 23.5 Å². The van der Waals surface area contributed by atoms with E-state index in [2.05, 4.69) is 36.0 Å². The molecule has 0 aliphatic heterocycles. The fourth-order valence-electron chi connectivity index (χ4n) is 2.21. The Morgan fingerprint density at radius 3 is 2.93 bits per heavy atom. The van der Waals surface area contributed by atoms with Crippen LogP contribution in [0.5, 0.6) is 5.88 Å². The van der Waals surface area contributed by atoms with Crippen molar-refractivity contribution in [1.29, 1.82) is 0 Å². The molecule has 0 fully saturated rings. The summed E-state index contributed by atoms with van der Waals surface area (Å²) >= 11 is 0. The van der Waals surface area contributed by atoms with Crippen LogP contribution < -0.4 is 15.4 Å². The largest absolute Gasteiger partial charge is 0.474 e. The first-order valence-corrected chi connectivity index (χ1v) is 8.64. The molecule has 148 valence electrons. The average Bonchev–Trinajstić information content (AvgIpc) is 3.28. The molecular weight excluding hydrogens is 364 g/mol. The van der Waals surface area contributed by atoms with Gasteiger partial charge in [-0.05, 0) is 19.9 Å². The molecule has 0 spiro atoms. The van der Waals surface area contributed by atoms with Gasteiger partial charge in [0, 0.05) is 32.4 Å². The Morgan fingerprint density at radius 1 is 1.36 bits per heavy atom. The number of anilines is 3. The summed E-state index contributed by atoms with van der Waals surface area (Å²) in [6.07, 6.45) is 1.65. The lowest BCUT2D eigenvalue weighted by atomic mass is 10.3. The zero-order valence-corrected chi connectivity index (χ0v) is 16.1. The summed E-state index contributed by atoms with van der Waals surface area (Å²) in [6.45, 7) is 4.14. The molecule has 0 aliphatic carbocycles. The summed E-state index contributed by atoms with van der Waals surface area (Å²) in [5.74, 6) is 2.37. The normalized spacial score (nSPS) is 10.8. The summed E-state index contributed by atoms with van der Waals surface area (Å²) < 4.78 is 10.7. The predicted molar refractivity (Wildman–Crippen MR) is 102 cm³/mol. The summed E-state index contributed by atoms with van der Waals surface area (Å²) in [5.41, 5.74) is 0.247. The molecule has 0 unspecified atom stereocenters. The van der Waals surface area contributed by atoms with Crippen molar-refractivity contribution in [1.82, 2.24) is 30.2 Å². The van der Waals surface area contributed by atoms with Gasteiger partial charge in [-0.3, -0.25) is 9.89 Å². The lowest BCUT2D eigenvalue weighted by Gasteiger charge is -2.06. The quantitative estimate of drug-likeness (QED) is 0.531. The summed E-state index contributed by atoms with van der Waals surface area (Å²) in [7, 11) is 3.30. The van der Waals surface area contributed by atoms with Gasteiger partial charge in [0.1, 0.15) is 11.6 Å². The van der Waals surface area contributed by atoms with E-state index in [1.165, 1.54) is 4.90 Å². The van der Waals surface area contributed by atoms with E-state index in [9.17, 15) is 4.79 Å². The van der Waals surface area contributed by atoms with Gasteiger partial charge >= 0.3 is 0 Å². The Bertz CT molecular complexity index is 934. The Hall–Kier alpha value is -3.63. The van der Waals surface area contributed by atoms with Crippen LogP contribution in [0.4, 0.5) is 17.6 Å². The Morgan fingerprint density at radius 2 is 2.18 bits per heavy atom. The van der Waals surface area contributed by atoms with Crippen LogP contribution in [0.25, 0.3) is 0 Å². The SMILES string of the molecule is CC(C)Oc1cc(Nc2ccnc(NCc3cc(C(=O)N(C)C)no3)n2)[nH]n1. The van der Waals surface area contributed by atoms with Gasteiger partial charge in [-0.15, -0.1) is 5.10 Å². The summed E-state index contributed by atoms with van der Waals surface area (Å²) in [5, 5.41) is 16.8. The molecule has 11 nitrogen and oxygen atoms in total. The van der Waals surface area contributed by atoms with Crippen molar-refractivity contribution in [2.75, 3.05) is 24.7 Å². The maximum atomic E-state index is 11.8. The number of aromatic amines is 1. The van der Waals surface area contributed by atoms with E-state index in [4.69, 9.17) is 9.26 Å². The molecule has 3 aromatic heterocycles. The van der Waals surface area contributed by atoms with E-state index < -0.39 is 0 Å². The molecule has 0 atom stereocenters. The van der Waals surface area contributed by atoms with Crippen molar-refractivity contribution in [2.45, 2.75) is 26.5 Å². The third-order valence-corrected chi connectivity index (χ3v) is 3.43. The van der Waals surface area contributed by atoms with Crippen molar-refractivity contribution in [2.24, 2.45) is 0 Å². The Kier molecular flexibility index (Phi) is 5.72. The Balaban J connectivity index is 1.59. The number of carbonyl (C=O) groups is 1. The monoisotopic (exact) mass is 386 g/mol. The van der Waals surface area contributed by atoms with Crippen molar-refractivity contribution in [3.8, 4) is 5.88 Å². The number of hydrogen-bond acceptors (Lipinski definition) is 9. The van der Waals surface area contributed by atoms with Crippen LogP contribution in [0.15, 0.2) is 28.9 Å². The molecule has 3 N–H and O–H groups in total. The second kappa shape index (κ2) is 8.37. The molecule has 3 heterocycles. The fourth-order valence-corrected chi connectivity index (χ4v) is 2.21. The van der Waals surface area contributed by atoms with E-state index in [1.807, 2.05) is 13.8 Å². The second-order valence-corrected chi connectivity index (χ2v) is 6.41. The van der Waals surface area contributed by atoms with Crippen LogP contribution in [0, 0.1) is 0 Å². The molecule has 0 bridgehead atoms. The number of aromatic nitrogens is 5. The van der Waals surface area contributed by atoms with Crippen LogP contribution in [-0.4, -0.2) is 56.3 Å². The van der Waals surface area contributed by atoms with Gasteiger partial charge < -0.3 is 24.8 Å². The predicted octanol–water partition coefficient (Wildman–Crippen LogP) is 2.03. The fraction of sp³-hybridized carbons (Fsp3) is 0.353. The van der Waals surface area contributed by atoms with E-state index in [-0.39, 0.29) is 24.2 Å². The van der Waals surface area contributed by atoms with Crippen LogP contribution in [0.1, 0.15) is 30.1 Å². The second-order valence-electron chi connectivity index (χ2n) is 6.41. The van der Waals surface area contributed by atoms with Crippen LogP contribution in [-0.2, 0) is 6.54 Å². The number of H-pyrrole nitrogens is 1. The highest BCUT2D eigenvalue weighted by Gasteiger charge is 2.14. The smallest absolute Gasteiger partial charge is 0.275 e. The van der Waals surface area contributed by atoms with E-state index in [0.717, 1.165) is 0 Å². The molecule has 0 saturated carbocycles. The molecular formula is C17H22N8O3. The van der Waals surface area contributed by atoms with Gasteiger partial charge in [0.2, 0.25) is 11.8 Å². The van der Waals surface area contributed by atoms with Crippen molar-refractivity contribution in [3.63, 3.8) is 0 Å². The lowest BCUT2D eigenvalue weighted by molar-refractivity contribution is 0.0817. The zero-order valence-electron chi connectivity index (χ0n) is 16.1. The summed E-state index contributed by atoms with van der Waals surface area (Å²) in [4.78, 5) is 21.8. The van der Waals surface area contributed by atoms with Gasteiger partial charge in [0.15, 0.2) is 11.5 Å². The zero-order chi connectivity index (χ0) is 20.1. The minimum absolute atomic E-state index is 0.0376. The number of carbonyl (C=O) groups excluding carboxylic acids is 1. The van der Waals surface area contributed by atoms with Crippen molar-refractivity contribution < 1.29 is 14.1 Å². The molecule has 3 aromatic rings. The molecule has 0 saturated heterocycles. The van der Waals surface area contributed by atoms with Gasteiger partial charge in [-0.1, -0.05) is 5.16 Å². The topological polar surface area (TPSA) is 134 Å². The number of ether oxygens (including phenoxy) is 1. The van der Waals surface area contributed by atoms with Crippen LogP contribution in [0.3, 0.4) is 0 Å². The minimum atomic E-state index is -0.224. The highest BCUT2D eigenvalue weighted by molar-refractivity contribution is 5.91. The third kappa shape index (κ3) is 4.96. The maximum Gasteiger partial charge on any atom is 0.275 e. The number of amides is 1. The van der Waals surface area contributed by atoms with Gasteiger partial charge in [0.05, 0.1) is 12.6 Å². The van der Waals surface area contributed by atoms with E-state index in [0.29, 0.717) is 29.2 Å². The van der Waals surface area contributed by atoms with Gasteiger partial charge in [-0.25, -0.2) is 4.98 Å².